The van der Waals surface area contributed by atoms with Crippen LogP contribution < -0.4 is 5.73 Å². The molecule has 0 amide bonds. The maximum atomic E-state index is 5.93. The van der Waals surface area contributed by atoms with Crippen LogP contribution >= 0.6 is 0 Å². The topological polar surface area (TPSA) is 54.7 Å². The predicted octanol–water partition coefficient (Wildman–Crippen LogP) is 3.34. The Labute approximate surface area is 102 Å². The summed E-state index contributed by atoms with van der Waals surface area (Å²) in [5.41, 5.74) is 10.6. The Morgan fingerprint density at radius 3 is 2.65 bits per heavy atom. The average Bonchev–Trinajstić information content (AvgIpc) is 2.71. The van der Waals surface area contributed by atoms with Gasteiger partial charge >= 0.3 is 0 Å². The second-order valence-electron chi connectivity index (χ2n) is 4.56. The third kappa shape index (κ3) is 2.05. The number of benzene rings is 1. The Morgan fingerprint density at radius 2 is 2.00 bits per heavy atom. The van der Waals surface area contributed by atoms with Gasteiger partial charge in [0.25, 0.3) is 0 Å². The summed E-state index contributed by atoms with van der Waals surface area (Å²) >= 11 is 0. The fraction of sp³-hybridized carbons (Fsp3) is 0.357. The standard InChI is InChI=1S/C14H19N3/c1-4-10-7-5-6-8-11(10)13-12(9(2)3)14(15)17-16-13/h5-9H,4H2,1-3H3,(H3,15,16,17). The highest BCUT2D eigenvalue weighted by Gasteiger charge is 2.17. The molecule has 1 aromatic carbocycles. The normalized spacial score (nSPS) is 11.1. The van der Waals surface area contributed by atoms with Crippen LogP contribution in [0, 0.1) is 0 Å². The molecule has 0 atom stereocenters. The molecule has 0 bridgehead atoms. The molecule has 2 aromatic rings. The number of hydrogen-bond acceptors (Lipinski definition) is 2. The number of rotatable bonds is 3. The Morgan fingerprint density at radius 1 is 1.29 bits per heavy atom. The Kier molecular flexibility index (Phi) is 3.18. The first-order chi connectivity index (χ1) is 8.15. The summed E-state index contributed by atoms with van der Waals surface area (Å²) in [7, 11) is 0. The molecule has 0 unspecified atom stereocenters. The van der Waals surface area contributed by atoms with E-state index in [1.54, 1.807) is 0 Å². The smallest absolute Gasteiger partial charge is 0.149 e. The van der Waals surface area contributed by atoms with Crippen molar-refractivity contribution >= 4 is 5.82 Å². The third-order valence-corrected chi connectivity index (χ3v) is 3.08. The highest BCUT2D eigenvalue weighted by atomic mass is 15.2. The van der Waals surface area contributed by atoms with Crippen LogP contribution in [-0.2, 0) is 6.42 Å². The van der Waals surface area contributed by atoms with Crippen LogP contribution in [0.5, 0.6) is 0 Å². The number of anilines is 1. The van der Waals surface area contributed by atoms with Gasteiger partial charge in [-0.2, -0.15) is 5.10 Å². The van der Waals surface area contributed by atoms with E-state index in [4.69, 9.17) is 5.73 Å². The van der Waals surface area contributed by atoms with E-state index in [1.807, 2.05) is 0 Å². The molecule has 90 valence electrons. The summed E-state index contributed by atoms with van der Waals surface area (Å²) < 4.78 is 0. The molecular weight excluding hydrogens is 210 g/mol. The first kappa shape index (κ1) is 11.7. The van der Waals surface area contributed by atoms with Crippen molar-refractivity contribution in [2.75, 3.05) is 5.73 Å². The lowest BCUT2D eigenvalue weighted by atomic mass is 9.95. The number of aromatic amines is 1. The van der Waals surface area contributed by atoms with Gasteiger partial charge in [-0.1, -0.05) is 45.0 Å². The van der Waals surface area contributed by atoms with Crippen LogP contribution in [0.3, 0.4) is 0 Å². The lowest BCUT2D eigenvalue weighted by Gasteiger charge is -2.10. The SMILES string of the molecule is CCc1ccccc1-c1[nH]nc(N)c1C(C)C. The van der Waals surface area contributed by atoms with Gasteiger partial charge in [0.15, 0.2) is 0 Å². The van der Waals surface area contributed by atoms with Gasteiger partial charge in [-0.15, -0.1) is 0 Å². The molecule has 2 rings (SSSR count). The molecule has 0 aliphatic heterocycles. The minimum Gasteiger partial charge on any atom is -0.382 e. The number of hydrogen-bond donors (Lipinski definition) is 2. The summed E-state index contributed by atoms with van der Waals surface area (Å²) in [4.78, 5) is 0. The number of nitrogens with two attached hydrogens (primary N) is 1. The molecule has 17 heavy (non-hydrogen) atoms. The van der Waals surface area contributed by atoms with Crippen molar-refractivity contribution in [3.8, 4) is 11.3 Å². The van der Waals surface area contributed by atoms with E-state index in [0.29, 0.717) is 11.7 Å². The quantitative estimate of drug-likeness (QED) is 0.848. The fourth-order valence-corrected chi connectivity index (χ4v) is 2.23. The van der Waals surface area contributed by atoms with Crippen molar-refractivity contribution in [1.29, 1.82) is 0 Å². The molecule has 3 N–H and O–H groups in total. The number of H-pyrrole nitrogens is 1. The third-order valence-electron chi connectivity index (χ3n) is 3.08. The summed E-state index contributed by atoms with van der Waals surface area (Å²) in [6.07, 6.45) is 1.01. The van der Waals surface area contributed by atoms with Gasteiger partial charge in [-0.25, -0.2) is 0 Å². The highest BCUT2D eigenvalue weighted by Crippen LogP contribution is 2.33. The van der Waals surface area contributed by atoms with Crippen LogP contribution in [0.4, 0.5) is 5.82 Å². The number of aromatic nitrogens is 2. The van der Waals surface area contributed by atoms with Gasteiger partial charge in [0.05, 0.1) is 5.69 Å². The van der Waals surface area contributed by atoms with Gasteiger partial charge in [0.1, 0.15) is 5.82 Å². The van der Waals surface area contributed by atoms with Crippen molar-refractivity contribution in [2.45, 2.75) is 33.1 Å². The van der Waals surface area contributed by atoms with E-state index in [1.165, 1.54) is 11.1 Å². The van der Waals surface area contributed by atoms with Crippen molar-refractivity contribution in [1.82, 2.24) is 10.2 Å². The number of aryl methyl sites for hydroxylation is 1. The van der Waals surface area contributed by atoms with E-state index >= 15 is 0 Å². The molecular formula is C14H19N3. The summed E-state index contributed by atoms with van der Waals surface area (Å²) in [6.45, 7) is 6.44. The van der Waals surface area contributed by atoms with Crippen LogP contribution in [0.15, 0.2) is 24.3 Å². The zero-order valence-electron chi connectivity index (χ0n) is 10.6. The van der Waals surface area contributed by atoms with E-state index in [0.717, 1.165) is 17.7 Å². The van der Waals surface area contributed by atoms with Crippen LogP contribution in [0.1, 0.15) is 37.8 Å². The van der Waals surface area contributed by atoms with Crippen LogP contribution in [0.2, 0.25) is 0 Å². The average molecular weight is 229 g/mol. The summed E-state index contributed by atoms with van der Waals surface area (Å²) in [5, 5.41) is 7.21. The largest absolute Gasteiger partial charge is 0.382 e. The molecule has 3 heteroatoms. The zero-order chi connectivity index (χ0) is 12.4. The highest BCUT2D eigenvalue weighted by molar-refractivity contribution is 5.71. The van der Waals surface area contributed by atoms with E-state index in [-0.39, 0.29) is 0 Å². The minimum atomic E-state index is 0.369. The molecule has 3 nitrogen and oxygen atoms in total. The van der Waals surface area contributed by atoms with Crippen molar-refractivity contribution < 1.29 is 0 Å². The monoisotopic (exact) mass is 229 g/mol. The number of nitrogens with zero attached hydrogens (tertiary/aromatic N) is 1. The van der Waals surface area contributed by atoms with Crippen molar-refractivity contribution in [3.63, 3.8) is 0 Å². The van der Waals surface area contributed by atoms with Gasteiger partial charge in [0, 0.05) is 11.1 Å². The predicted molar refractivity (Wildman–Crippen MR) is 71.9 cm³/mol. The van der Waals surface area contributed by atoms with E-state index < -0.39 is 0 Å². The van der Waals surface area contributed by atoms with Crippen LogP contribution in [0.25, 0.3) is 11.3 Å². The van der Waals surface area contributed by atoms with Crippen molar-refractivity contribution in [3.05, 3.63) is 35.4 Å². The van der Waals surface area contributed by atoms with E-state index in [2.05, 4.69) is 55.2 Å². The Bertz CT molecular complexity index is 512. The van der Waals surface area contributed by atoms with Gasteiger partial charge in [0.2, 0.25) is 0 Å². The number of nitrogens with one attached hydrogen (secondary N) is 1. The molecule has 1 aromatic heterocycles. The van der Waals surface area contributed by atoms with Gasteiger partial charge < -0.3 is 5.73 Å². The van der Waals surface area contributed by atoms with E-state index in [9.17, 15) is 0 Å². The molecule has 0 fully saturated rings. The van der Waals surface area contributed by atoms with Gasteiger partial charge in [-0.05, 0) is 17.9 Å². The second-order valence-corrected chi connectivity index (χ2v) is 4.56. The maximum absolute atomic E-state index is 5.93. The molecule has 0 radical (unpaired) electrons. The Balaban J connectivity index is 2.60. The number of nitrogen functional groups attached to an aromatic ring is 1. The molecule has 0 saturated carbocycles. The van der Waals surface area contributed by atoms with Gasteiger partial charge in [-0.3, -0.25) is 5.10 Å². The summed E-state index contributed by atoms with van der Waals surface area (Å²) in [5.74, 6) is 0.981. The lowest BCUT2D eigenvalue weighted by Crippen LogP contribution is -1.96. The maximum Gasteiger partial charge on any atom is 0.149 e. The second kappa shape index (κ2) is 4.62. The molecule has 0 spiro atoms. The Hall–Kier alpha value is -1.77. The molecule has 0 aliphatic carbocycles. The zero-order valence-corrected chi connectivity index (χ0v) is 10.6. The first-order valence-electron chi connectivity index (χ1n) is 6.07. The minimum absolute atomic E-state index is 0.369. The van der Waals surface area contributed by atoms with Crippen molar-refractivity contribution in [2.24, 2.45) is 0 Å². The molecule has 0 saturated heterocycles. The van der Waals surface area contributed by atoms with Crippen LogP contribution in [-0.4, -0.2) is 10.2 Å². The fourth-order valence-electron chi connectivity index (χ4n) is 2.23. The first-order valence-corrected chi connectivity index (χ1v) is 6.07. The molecule has 1 heterocycles. The summed E-state index contributed by atoms with van der Waals surface area (Å²) in [6, 6.07) is 8.39. The molecule has 0 aliphatic rings. The lowest BCUT2D eigenvalue weighted by molar-refractivity contribution is 0.872.